The van der Waals surface area contributed by atoms with Gasteiger partial charge in [-0.3, -0.25) is 0 Å². The lowest BCUT2D eigenvalue weighted by Crippen LogP contribution is -2.48. The molecule has 0 aromatic heterocycles. The summed E-state index contributed by atoms with van der Waals surface area (Å²) in [5.74, 6) is -0.918. The van der Waals surface area contributed by atoms with Crippen LogP contribution in [-0.2, 0) is 19.9 Å². The predicted octanol–water partition coefficient (Wildman–Crippen LogP) is -0.247. The lowest BCUT2D eigenvalue weighted by Gasteiger charge is -2.29. The van der Waals surface area contributed by atoms with Crippen LogP contribution in [0.1, 0.15) is 16.7 Å². The van der Waals surface area contributed by atoms with Gasteiger partial charge >= 0.3 is 0 Å². The Morgan fingerprint density at radius 1 is 1.12 bits per heavy atom. The van der Waals surface area contributed by atoms with E-state index in [0.29, 0.717) is 5.56 Å². The third-order valence-electron chi connectivity index (χ3n) is 4.36. The van der Waals surface area contributed by atoms with Gasteiger partial charge in [0.1, 0.15) is 0 Å². The monoisotopic (exact) mass is 377 g/mol. The third-order valence-corrected chi connectivity index (χ3v) is 8.13. The van der Waals surface area contributed by atoms with Crippen molar-refractivity contribution in [2.24, 2.45) is 0 Å². The highest BCUT2D eigenvalue weighted by Crippen LogP contribution is 2.28. The molecule has 0 radical (unpaired) electrons. The van der Waals surface area contributed by atoms with Crippen LogP contribution in [0.25, 0.3) is 0 Å². The zero-order valence-corrected chi connectivity index (χ0v) is 15.6. The predicted molar refractivity (Wildman–Crippen MR) is 90.1 cm³/mol. The standard InChI is InChI=1S/C15H23NO6S2/c1-10-6-12(3)15(7-11(10)2)24(21,22)16(4-5-17)13-8-23(19,20)9-14(13)18/h6-7,13-14,17-18H,4-5,8-9H2,1-3H3/t13-,14-/m0/s1. The number of aryl methyl sites for hydroxylation is 3. The van der Waals surface area contributed by atoms with E-state index in [1.54, 1.807) is 26.0 Å². The first kappa shape index (κ1) is 19.3. The van der Waals surface area contributed by atoms with Crippen molar-refractivity contribution in [1.82, 2.24) is 4.31 Å². The van der Waals surface area contributed by atoms with E-state index in [-0.39, 0.29) is 11.4 Å². The van der Waals surface area contributed by atoms with E-state index in [9.17, 15) is 27.0 Å². The molecule has 1 aromatic carbocycles. The van der Waals surface area contributed by atoms with Crippen LogP contribution in [0, 0.1) is 20.8 Å². The molecule has 1 saturated heterocycles. The molecule has 0 saturated carbocycles. The lowest BCUT2D eigenvalue weighted by atomic mass is 10.1. The Labute approximate surface area is 142 Å². The molecule has 1 fully saturated rings. The van der Waals surface area contributed by atoms with Crippen molar-refractivity contribution in [3.63, 3.8) is 0 Å². The van der Waals surface area contributed by atoms with Crippen molar-refractivity contribution in [3.8, 4) is 0 Å². The van der Waals surface area contributed by atoms with Crippen LogP contribution in [0.2, 0.25) is 0 Å². The highest BCUT2D eigenvalue weighted by molar-refractivity contribution is 7.92. The van der Waals surface area contributed by atoms with Crippen LogP contribution in [-0.4, -0.2) is 68.2 Å². The summed E-state index contributed by atoms with van der Waals surface area (Å²) in [7, 11) is -7.56. The van der Waals surface area contributed by atoms with Gasteiger partial charge in [0.15, 0.2) is 9.84 Å². The lowest BCUT2D eigenvalue weighted by molar-refractivity contribution is 0.117. The first-order chi connectivity index (χ1) is 11.0. The number of sulfone groups is 1. The van der Waals surface area contributed by atoms with Gasteiger partial charge < -0.3 is 10.2 Å². The fraction of sp³-hybridized carbons (Fsp3) is 0.600. The van der Waals surface area contributed by atoms with Gasteiger partial charge in [0.05, 0.1) is 35.2 Å². The molecule has 7 nitrogen and oxygen atoms in total. The molecule has 24 heavy (non-hydrogen) atoms. The maximum atomic E-state index is 13.1. The zero-order valence-electron chi connectivity index (χ0n) is 13.9. The molecule has 0 aliphatic carbocycles. The highest BCUT2D eigenvalue weighted by Gasteiger charge is 2.44. The fourth-order valence-corrected chi connectivity index (χ4v) is 6.82. The fourth-order valence-electron chi connectivity index (χ4n) is 2.99. The maximum Gasteiger partial charge on any atom is 0.243 e. The normalized spacial score (nSPS) is 23.8. The molecular weight excluding hydrogens is 354 g/mol. The molecule has 2 atom stereocenters. The molecule has 1 aliphatic heterocycles. The van der Waals surface area contributed by atoms with Crippen LogP contribution >= 0.6 is 0 Å². The summed E-state index contributed by atoms with van der Waals surface area (Å²) in [6.07, 6.45) is -1.30. The van der Waals surface area contributed by atoms with Crippen LogP contribution in [0.4, 0.5) is 0 Å². The molecule has 9 heteroatoms. The van der Waals surface area contributed by atoms with E-state index in [1.165, 1.54) is 0 Å². The first-order valence-corrected chi connectivity index (χ1v) is 10.8. The minimum atomic E-state index is -4.05. The van der Waals surface area contributed by atoms with E-state index in [1.807, 2.05) is 6.92 Å². The van der Waals surface area contributed by atoms with Gasteiger partial charge in [-0.2, -0.15) is 4.31 Å². The summed E-state index contributed by atoms with van der Waals surface area (Å²) >= 11 is 0. The zero-order chi connectivity index (χ0) is 18.3. The van der Waals surface area contributed by atoms with Gasteiger partial charge in [-0.05, 0) is 43.5 Å². The number of benzene rings is 1. The highest BCUT2D eigenvalue weighted by atomic mass is 32.2. The number of hydrogen-bond donors (Lipinski definition) is 2. The average molecular weight is 377 g/mol. The summed E-state index contributed by atoms with van der Waals surface area (Å²) in [5, 5.41) is 19.3. The van der Waals surface area contributed by atoms with Crippen molar-refractivity contribution in [3.05, 3.63) is 28.8 Å². The van der Waals surface area contributed by atoms with Crippen molar-refractivity contribution in [2.45, 2.75) is 37.8 Å². The number of sulfonamides is 1. The molecule has 0 bridgehead atoms. The molecule has 2 N–H and O–H groups in total. The summed E-state index contributed by atoms with van der Waals surface area (Å²) in [5.41, 5.74) is 2.28. The smallest absolute Gasteiger partial charge is 0.243 e. The van der Waals surface area contributed by atoms with Crippen molar-refractivity contribution in [1.29, 1.82) is 0 Å². The summed E-state index contributed by atoms with van der Waals surface area (Å²) in [6, 6.07) is 2.20. The minimum Gasteiger partial charge on any atom is -0.395 e. The Morgan fingerprint density at radius 2 is 1.71 bits per heavy atom. The van der Waals surface area contributed by atoms with Crippen molar-refractivity contribution in [2.75, 3.05) is 24.7 Å². The van der Waals surface area contributed by atoms with Gasteiger partial charge in [-0.1, -0.05) is 6.07 Å². The van der Waals surface area contributed by atoms with Crippen LogP contribution in [0.5, 0.6) is 0 Å². The van der Waals surface area contributed by atoms with Gasteiger partial charge in [0.25, 0.3) is 0 Å². The van der Waals surface area contributed by atoms with E-state index < -0.39 is 50.1 Å². The van der Waals surface area contributed by atoms with Gasteiger partial charge in [0, 0.05) is 6.54 Å². The molecule has 1 heterocycles. The third kappa shape index (κ3) is 3.65. The Bertz CT molecular complexity index is 832. The Balaban J connectivity index is 2.53. The topological polar surface area (TPSA) is 112 Å². The molecule has 1 aromatic rings. The Morgan fingerprint density at radius 3 is 2.21 bits per heavy atom. The molecule has 0 unspecified atom stereocenters. The van der Waals surface area contributed by atoms with E-state index in [0.717, 1.165) is 15.4 Å². The largest absolute Gasteiger partial charge is 0.395 e. The Kier molecular flexibility index (Phi) is 5.41. The maximum absolute atomic E-state index is 13.1. The molecular formula is C15H23NO6S2. The molecule has 0 spiro atoms. The van der Waals surface area contributed by atoms with E-state index in [2.05, 4.69) is 0 Å². The van der Waals surface area contributed by atoms with Gasteiger partial charge in [0.2, 0.25) is 10.0 Å². The average Bonchev–Trinajstić information content (AvgIpc) is 2.72. The molecule has 0 amide bonds. The second-order valence-electron chi connectivity index (χ2n) is 6.25. The van der Waals surface area contributed by atoms with Crippen LogP contribution in [0.3, 0.4) is 0 Å². The molecule has 2 rings (SSSR count). The van der Waals surface area contributed by atoms with E-state index >= 15 is 0 Å². The van der Waals surface area contributed by atoms with Crippen molar-refractivity contribution < 1.29 is 27.0 Å². The van der Waals surface area contributed by atoms with Gasteiger partial charge in [-0.25, -0.2) is 16.8 Å². The van der Waals surface area contributed by atoms with Gasteiger partial charge in [-0.15, -0.1) is 0 Å². The number of hydrogen-bond acceptors (Lipinski definition) is 6. The second kappa shape index (κ2) is 6.72. The SMILES string of the molecule is Cc1cc(C)c(S(=O)(=O)N(CCO)[C@H]2CS(=O)(=O)C[C@@H]2O)cc1C. The molecule has 1 aliphatic rings. The first-order valence-electron chi connectivity index (χ1n) is 7.58. The Hall–Kier alpha value is -1.00. The minimum absolute atomic E-state index is 0.0653. The number of aliphatic hydroxyl groups is 2. The van der Waals surface area contributed by atoms with Crippen molar-refractivity contribution >= 4 is 19.9 Å². The quantitative estimate of drug-likeness (QED) is 0.732. The summed E-state index contributed by atoms with van der Waals surface area (Å²) in [4.78, 5) is 0.0653. The summed E-state index contributed by atoms with van der Waals surface area (Å²) < 4.78 is 50.5. The van der Waals surface area contributed by atoms with Crippen LogP contribution < -0.4 is 0 Å². The molecule has 136 valence electrons. The summed E-state index contributed by atoms with van der Waals surface area (Å²) in [6.45, 7) is 4.59. The van der Waals surface area contributed by atoms with E-state index in [4.69, 9.17) is 0 Å². The number of nitrogens with zero attached hydrogens (tertiary/aromatic N) is 1. The van der Waals surface area contributed by atoms with Crippen LogP contribution in [0.15, 0.2) is 17.0 Å². The number of rotatable bonds is 5. The number of aliphatic hydroxyl groups excluding tert-OH is 2. The second-order valence-corrected chi connectivity index (χ2v) is 10.3.